The average Bonchev–Trinajstić information content (AvgIpc) is 3.30. The number of benzene rings is 2. The van der Waals surface area contributed by atoms with Crippen molar-refractivity contribution in [2.75, 3.05) is 25.5 Å². The number of anilines is 1. The van der Waals surface area contributed by atoms with Gasteiger partial charge in [0.25, 0.3) is 0 Å². The van der Waals surface area contributed by atoms with Gasteiger partial charge in [0, 0.05) is 24.6 Å². The van der Waals surface area contributed by atoms with Crippen LogP contribution in [0.3, 0.4) is 0 Å². The Morgan fingerprint density at radius 2 is 1.75 bits per heavy atom. The summed E-state index contributed by atoms with van der Waals surface area (Å²) in [6, 6.07) is 19.2. The first kappa shape index (κ1) is 27.0. The summed E-state index contributed by atoms with van der Waals surface area (Å²) in [6.45, 7) is 6.82. The first-order valence-electron chi connectivity index (χ1n) is 12.8. The molecule has 0 atom stereocenters. The molecular formula is C29H38N4O3. The van der Waals surface area contributed by atoms with E-state index in [9.17, 15) is 9.59 Å². The van der Waals surface area contributed by atoms with Crippen molar-refractivity contribution in [3.63, 3.8) is 0 Å². The van der Waals surface area contributed by atoms with Gasteiger partial charge in [-0.25, -0.2) is 4.68 Å². The molecule has 7 nitrogen and oxygen atoms in total. The van der Waals surface area contributed by atoms with Crippen molar-refractivity contribution in [1.29, 1.82) is 0 Å². The molecule has 0 unspecified atom stereocenters. The lowest BCUT2D eigenvalue weighted by Gasteiger charge is -2.24. The molecule has 192 valence electrons. The van der Waals surface area contributed by atoms with E-state index in [4.69, 9.17) is 9.84 Å². The molecule has 7 heteroatoms. The predicted molar refractivity (Wildman–Crippen MR) is 144 cm³/mol. The molecule has 1 N–H and O–H groups in total. The van der Waals surface area contributed by atoms with Crippen molar-refractivity contribution in [2.24, 2.45) is 5.92 Å². The molecule has 0 saturated carbocycles. The molecule has 1 heterocycles. The fourth-order valence-corrected chi connectivity index (χ4v) is 4.05. The molecule has 0 saturated heterocycles. The molecule has 36 heavy (non-hydrogen) atoms. The van der Waals surface area contributed by atoms with E-state index < -0.39 is 0 Å². The van der Waals surface area contributed by atoms with E-state index in [1.165, 1.54) is 0 Å². The lowest BCUT2D eigenvalue weighted by atomic mass is 10.1. The summed E-state index contributed by atoms with van der Waals surface area (Å²) in [7, 11) is 1.62. The van der Waals surface area contributed by atoms with E-state index in [2.05, 4.69) is 26.1 Å². The third-order valence-corrected chi connectivity index (χ3v) is 5.88. The van der Waals surface area contributed by atoms with Crippen LogP contribution in [-0.2, 0) is 9.59 Å². The van der Waals surface area contributed by atoms with Crippen LogP contribution in [0.5, 0.6) is 5.75 Å². The van der Waals surface area contributed by atoms with E-state index in [0.29, 0.717) is 18.8 Å². The van der Waals surface area contributed by atoms with Gasteiger partial charge in [-0.15, -0.1) is 0 Å². The Balaban J connectivity index is 1.81. The van der Waals surface area contributed by atoms with Gasteiger partial charge in [0.05, 0.1) is 25.0 Å². The van der Waals surface area contributed by atoms with Crippen molar-refractivity contribution in [3.05, 3.63) is 60.7 Å². The SMILES string of the molecule is CCCCCCC(=O)N(CC(=O)Nc1cc(-c2ccccc2)nn1-c1ccc(OC)cc1)CC(C)C. The van der Waals surface area contributed by atoms with Crippen LogP contribution in [0.25, 0.3) is 16.9 Å². The van der Waals surface area contributed by atoms with Gasteiger partial charge in [-0.2, -0.15) is 5.10 Å². The fourth-order valence-electron chi connectivity index (χ4n) is 4.05. The highest BCUT2D eigenvalue weighted by Gasteiger charge is 2.20. The molecule has 0 radical (unpaired) electrons. The van der Waals surface area contributed by atoms with E-state index >= 15 is 0 Å². The summed E-state index contributed by atoms with van der Waals surface area (Å²) < 4.78 is 6.98. The quantitative estimate of drug-likeness (QED) is 0.301. The average molecular weight is 491 g/mol. The maximum absolute atomic E-state index is 13.1. The summed E-state index contributed by atoms with van der Waals surface area (Å²) in [5, 5.41) is 7.76. The van der Waals surface area contributed by atoms with Crippen LogP contribution in [0, 0.1) is 5.92 Å². The van der Waals surface area contributed by atoms with Crippen LogP contribution in [-0.4, -0.2) is 46.7 Å². The number of carbonyl (C=O) groups is 2. The number of rotatable bonds is 13. The second kappa shape index (κ2) is 13.5. The summed E-state index contributed by atoms with van der Waals surface area (Å²) in [4.78, 5) is 27.7. The minimum atomic E-state index is -0.244. The van der Waals surface area contributed by atoms with Crippen molar-refractivity contribution >= 4 is 17.6 Å². The second-order valence-electron chi connectivity index (χ2n) is 9.42. The lowest BCUT2D eigenvalue weighted by molar-refractivity contribution is -0.135. The van der Waals surface area contributed by atoms with Crippen molar-refractivity contribution in [3.8, 4) is 22.7 Å². The van der Waals surface area contributed by atoms with E-state index in [1.807, 2.05) is 60.7 Å². The van der Waals surface area contributed by atoms with Crippen LogP contribution < -0.4 is 10.1 Å². The standard InChI is InChI=1S/C29H38N4O3/c1-5-6-7-11-14-29(35)32(20-22(2)3)21-28(34)30-27-19-26(23-12-9-8-10-13-23)31-33(27)24-15-17-25(36-4)18-16-24/h8-10,12-13,15-19,22H,5-7,11,14,20-21H2,1-4H3,(H,30,34). The van der Waals surface area contributed by atoms with Crippen molar-refractivity contribution < 1.29 is 14.3 Å². The number of nitrogens with one attached hydrogen (secondary N) is 1. The summed E-state index contributed by atoms with van der Waals surface area (Å²) in [6.07, 6.45) is 4.61. The molecule has 0 aliphatic rings. The maximum Gasteiger partial charge on any atom is 0.245 e. The zero-order valence-corrected chi connectivity index (χ0v) is 21.9. The molecule has 0 fully saturated rings. The molecular weight excluding hydrogens is 452 g/mol. The number of amides is 2. The van der Waals surface area contributed by atoms with Gasteiger partial charge in [-0.3, -0.25) is 9.59 Å². The molecule has 3 rings (SSSR count). The van der Waals surface area contributed by atoms with Gasteiger partial charge in [0.1, 0.15) is 11.6 Å². The first-order valence-corrected chi connectivity index (χ1v) is 12.8. The van der Waals surface area contributed by atoms with Crippen LogP contribution in [0.1, 0.15) is 52.9 Å². The topological polar surface area (TPSA) is 76.5 Å². The number of hydrogen-bond donors (Lipinski definition) is 1. The Bertz CT molecular complexity index is 1110. The summed E-state index contributed by atoms with van der Waals surface area (Å²) in [5.74, 6) is 1.34. The Kier molecular flexibility index (Phi) is 10.1. The third kappa shape index (κ3) is 7.70. The van der Waals surface area contributed by atoms with E-state index in [1.54, 1.807) is 16.7 Å². The number of nitrogens with zero attached hydrogens (tertiary/aromatic N) is 3. The Morgan fingerprint density at radius 1 is 1.03 bits per heavy atom. The van der Waals surface area contributed by atoms with Gasteiger partial charge in [0.2, 0.25) is 11.8 Å². The Hall–Kier alpha value is -3.61. The van der Waals surface area contributed by atoms with Crippen molar-refractivity contribution in [1.82, 2.24) is 14.7 Å². The zero-order valence-electron chi connectivity index (χ0n) is 21.9. The molecule has 0 aliphatic heterocycles. The molecule has 2 amide bonds. The van der Waals surface area contributed by atoms with Crippen LogP contribution in [0.15, 0.2) is 60.7 Å². The molecule has 0 spiro atoms. The lowest BCUT2D eigenvalue weighted by Crippen LogP contribution is -2.40. The Labute approximate surface area is 214 Å². The third-order valence-electron chi connectivity index (χ3n) is 5.88. The van der Waals surface area contributed by atoms with Crippen molar-refractivity contribution in [2.45, 2.75) is 52.9 Å². The molecule has 1 aromatic heterocycles. The first-order chi connectivity index (χ1) is 17.4. The summed E-state index contributed by atoms with van der Waals surface area (Å²) >= 11 is 0. The minimum absolute atomic E-state index is 0.0131. The van der Waals surface area contributed by atoms with E-state index in [0.717, 1.165) is 48.4 Å². The smallest absolute Gasteiger partial charge is 0.245 e. The predicted octanol–water partition coefficient (Wildman–Crippen LogP) is 5.94. The van der Waals surface area contributed by atoms with Gasteiger partial charge in [-0.05, 0) is 36.6 Å². The number of unbranched alkanes of at least 4 members (excludes halogenated alkanes) is 3. The number of ether oxygens (including phenoxy) is 1. The van der Waals surface area contributed by atoms with Crippen LogP contribution in [0.2, 0.25) is 0 Å². The Morgan fingerprint density at radius 3 is 2.39 bits per heavy atom. The van der Waals surface area contributed by atoms with Gasteiger partial charge < -0.3 is 15.0 Å². The number of hydrogen-bond acceptors (Lipinski definition) is 4. The minimum Gasteiger partial charge on any atom is -0.497 e. The van der Waals surface area contributed by atoms with Crippen LogP contribution in [0.4, 0.5) is 5.82 Å². The summed E-state index contributed by atoms with van der Waals surface area (Å²) in [5.41, 5.74) is 2.48. The maximum atomic E-state index is 13.1. The second-order valence-corrected chi connectivity index (χ2v) is 9.42. The largest absolute Gasteiger partial charge is 0.497 e. The molecule has 0 aliphatic carbocycles. The van der Waals surface area contributed by atoms with Gasteiger partial charge >= 0.3 is 0 Å². The van der Waals surface area contributed by atoms with Crippen LogP contribution >= 0.6 is 0 Å². The molecule has 0 bridgehead atoms. The number of methoxy groups -OCH3 is 1. The highest BCUT2D eigenvalue weighted by atomic mass is 16.5. The highest BCUT2D eigenvalue weighted by Crippen LogP contribution is 2.26. The molecule has 3 aromatic rings. The van der Waals surface area contributed by atoms with Gasteiger partial charge in [0.15, 0.2) is 0 Å². The fraction of sp³-hybridized carbons (Fsp3) is 0.414. The molecule has 2 aromatic carbocycles. The van der Waals surface area contributed by atoms with Gasteiger partial charge in [-0.1, -0.05) is 70.4 Å². The van der Waals surface area contributed by atoms with E-state index in [-0.39, 0.29) is 24.3 Å². The normalized spacial score (nSPS) is 10.9. The zero-order chi connectivity index (χ0) is 25.9. The number of aromatic nitrogens is 2. The number of carbonyl (C=O) groups excluding carboxylic acids is 2. The highest BCUT2D eigenvalue weighted by molar-refractivity contribution is 5.94. The monoisotopic (exact) mass is 490 g/mol.